The minimum Gasteiger partial charge on any atom is -0.350 e. The number of nitrogens with two attached hydrogens (primary N) is 1. The van der Waals surface area contributed by atoms with Crippen LogP contribution in [0.3, 0.4) is 0 Å². The van der Waals surface area contributed by atoms with Crippen LogP contribution in [0.4, 0.5) is 30.7 Å². The number of benzene rings is 2. The van der Waals surface area contributed by atoms with E-state index in [-0.39, 0.29) is 5.56 Å². The third-order valence-corrected chi connectivity index (χ3v) is 5.32. The van der Waals surface area contributed by atoms with Crippen molar-refractivity contribution >= 4 is 10.0 Å². The number of alkyl halides is 6. The molecule has 13 heteroatoms. The van der Waals surface area contributed by atoms with Crippen LogP contribution in [0.15, 0.2) is 45.8 Å². The molecule has 0 saturated heterocycles. The number of hydrogen-bond donors (Lipinski definition) is 1. The van der Waals surface area contributed by atoms with Crippen LogP contribution in [0.1, 0.15) is 16.9 Å². The van der Waals surface area contributed by atoms with Gasteiger partial charge in [-0.25, -0.2) is 17.9 Å². The topological polar surface area (TPSA) is 86.2 Å². The second-order valence-corrected chi connectivity index (χ2v) is 7.93. The number of hydrogen-bond acceptors (Lipinski definition) is 4. The Balaban J connectivity index is 2.33. The van der Waals surface area contributed by atoms with Crippen LogP contribution in [-0.2, 0) is 22.4 Å². The molecule has 0 amide bonds. The van der Waals surface area contributed by atoms with Gasteiger partial charge in [0.05, 0.1) is 11.1 Å². The summed E-state index contributed by atoms with van der Waals surface area (Å²) in [4.78, 5) is -0.974. The zero-order valence-corrected chi connectivity index (χ0v) is 16.1. The lowest BCUT2D eigenvalue weighted by Crippen LogP contribution is -2.14. The van der Waals surface area contributed by atoms with Crippen LogP contribution in [0.2, 0.25) is 0 Å². The second-order valence-electron chi connectivity index (χ2n) is 6.40. The third-order valence-electron chi connectivity index (χ3n) is 4.37. The molecule has 0 radical (unpaired) electrons. The summed E-state index contributed by atoms with van der Waals surface area (Å²) in [5.74, 6) is -3.15. The van der Waals surface area contributed by atoms with E-state index in [4.69, 9.17) is 5.14 Å². The predicted octanol–water partition coefficient (Wildman–Crippen LogP) is 5.14. The first-order chi connectivity index (χ1) is 14.1. The van der Waals surface area contributed by atoms with Gasteiger partial charge in [-0.1, -0.05) is 23.4 Å². The molecule has 0 saturated carbocycles. The van der Waals surface area contributed by atoms with Gasteiger partial charge in [0.1, 0.15) is 16.4 Å². The summed E-state index contributed by atoms with van der Waals surface area (Å²) in [7, 11) is -4.51. The molecule has 5 nitrogen and oxygen atoms in total. The average molecular weight is 468 g/mol. The van der Waals surface area contributed by atoms with E-state index in [1.165, 1.54) is 0 Å². The maximum atomic E-state index is 14.3. The number of primary sulfonamides is 1. The van der Waals surface area contributed by atoms with Crippen LogP contribution in [0.5, 0.6) is 0 Å². The van der Waals surface area contributed by atoms with E-state index in [0.29, 0.717) is 12.1 Å². The molecule has 0 unspecified atom stereocenters. The zero-order valence-electron chi connectivity index (χ0n) is 15.3. The summed E-state index contributed by atoms with van der Waals surface area (Å²) in [6, 6.07) is 4.72. The Kier molecular flexibility index (Phi) is 5.39. The fourth-order valence-electron chi connectivity index (χ4n) is 3.02. The van der Waals surface area contributed by atoms with Crippen molar-refractivity contribution < 1.29 is 43.7 Å². The van der Waals surface area contributed by atoms with E-state index < -0.39 is 66.8 Å². The smallest absolute Gasteiger partial charge is 0.350 e. The summed E-state index contributed by atoms with van der Waals surface area (Å²) in [5.41, 5.74) is -3.87. The molecule has 1 heterocycles. The first kappa shape index (κ1) is 22.7. The van der Waals surface area contributed by atoms with Crippen LogP contribution < -0.4 is 5.14 Å². The molecule has 1 aromatic heterocycles. The fraction of sp³-hybridized carbons (Fsp3) is 0.167. The summed E-state index contributed by atoms with van der Waals surface area (Å²) in [5, 5.41) is 8.12. The van der Waals surface area contributed by atoms with E-state index in [0.717, 1.165) is 31.2 Å². The lowest BCUT2D eigenvalue weighted by Gasteiger charge is -2.14. The first-order valence-electron chi connectivity index (χ1n) is 8.19. The molecular formula is C18H11F7N2O3S. The van der Waals surface area contributed by atoms with Crippen molar-refractivity contribution in [3.8, 4) is 22.4 Å². The monoisotopic (exact) mass is 468 g/mol. The van der Waals surface area contributed by atoms with Gasteiger partial charge >= 0.3 is 12.4 Å². The lowest BCUT2D eigenvalue weighted by atomic mass is 9.94. The largest absolute Gasteiger partial charge is 0.453 e. The molecule has 0 aliphatic rings. The van der Waals surface area contributed by atoms with E-state index in [1.54, 1.807) is 0 Å². The van der Waals surface area contributed by atoms with Crippen LogP contribution in [0, 0.1) is 12.7 Å². The van der Waals surface area contributed by atoms with E-state index in [9.17, 15) is 39.2 Å². The summed E-state index contributed by atoms with van der Waals surface area (Å²) in [6.07, 6.45) is -9.93. The van der Waals surface area contributed by atoms with Gasteiger partial charge < -0.3 is 4.52 Å². The SMILES string of the molecule is Cc1c(-c2noc(C(F)(F)F)c2-c2ccc(S(N)(=O)=O)c(F)c2)cccc1C(F)(F)F. The van der Waals surface area contributed by atoms with Gasteiger partial charge in [-0.3, -0.25) is 0 Å². The Morgan fingerprint density at radius 3 is 2.16 bits per heavy atom. The van der Waals surface area contributed by atoms with Crippen LogP contribution >= 0.6 is 0 Å². The predicted molar refractivity (Wildman–Crippen MR) is 93.4 cm³/mol. The van der Waals surface area contributed by atoms with Gasteiger partial charge in [0.2, 0.25) is 15.8 Å². The van der Waals surface area contributed by atoms with Gasteiger partial charge in [-0.2, -0.15) is 26.3 Å². The van der Waals surface area contributed by atoms with Crippen molar-refractivity contribution in [3.63, 3.8) is 0 Å². The molecular weight excluding hydrogens is 457 g/mol. The molecule has 0 atom stereocenters. The summed E-state index contributed by atoms with van der Waals surface area (Å²) < 4.78 is 121. The molecule has 3 rings (SSSR count). The Labute approximate surface area is 170 Å². The first-order valence-corrected chi connectivity index (χ1v) is 9.73. The van der Waals surface area contributed by atoms with Crippen molar-refractivity contribution in [3.05, 3.63) is 59.1 Å². The standard InChI is InChI=1S/C18H11F7N2O3S/c1-8-10(3-2-4-11(8)17(20,21)22)15-14(16(30-27-15)18(23,24)25)9-5-6-13(12(19)7-9)31(26,28)29/h2-7H,1H3,(H2,26,28,29). The van der Waals surface area contributed by atoms with Gasteiger partial charge in [0.15, 0.2) is 0 Å². The van der Waals surface area contributed by atoms with E-state index in [1.807, 2.05) is 0 Å². The van der Waals surface area contributed by atoms with E-state index >= 15 is 0 Å². The van der Waals surface area contributed by atoms with Crippen LogP contribution in [0.25, 0.3) is 22.4 Å². The van der Waals surface area contributed by atoms with Crippen molar-refractivity contribution in [1.82, 2.24) is 5.16 Å². The highest BCUT2D eigenvalue weighted by molar-refractivity contribution is 7.89. The quantitative estimate of drug-likeness (QED) is 0.540. The highest BCUT2D eigenvalue weighted by Gasteiger charge is 2.42. The number of aromatic nitrogens is 1. The van der Waals surface area contributed by atoms with Crippen LogP contribution in [-0.4, -0.2) is 13.6 Å². The maximum absolute atomic E-state index is 14.3. The molecule has 2 aromatic carbocycles. The maximum Gasteiger partial charge on any atom is 0.453 e. The zero-order chi connectivity index (χ0) is 23.4. The minimum absolute atomic E-state index is 0.333. The van der Waals surface area contributed by atoms with Gasteiger partial charge in [0.25, 0.3) is 0 Å². The molecule has 2 N–H and O–H groups in total. The fourth-order valence-corrected chi connectivity index (χ4v) is 3.61. The Morgan fingerprint density at radius 1 is 1.00 bits per heavy atom. The molecule has 31 heavy (non-hydrogen) atoms. The number of sulfonamides is 1. The Bertz CT molecular complexity index is 1260. The molecule has 0 aliphatic heterocycles. The van der Waals surface area contributed by atoms with Gasteiger partial charge in [0, 0.05) is 5.56 Å². The van der Waals surface area contributed by atoms with Crippen molar-refractivity contribution in [2.24, 2.45) is 5.14 Å². The average Bonchev–Trinajstić information content (AvgIpc) is 3.04. The highest BCUT2D eigenvalue weighted by atomic mass is 32.2. The molecule has 0 fully saturated rings. The third kappa shape index (κ3) is 4.28. The van der Waals surface area contributed by atoms with Gasteiger partial charge in [-0.05, 0) is 36.2 Å². The Hall–Kier alpha value is -2.93. The van der Waals surface area contributed by atoms with Crippen molar-refractivity contribution in [1.29, 1.82) is 0 Å². The number of nitrogens with zero attached hydrogens (tertiary/aromatic N) is 1. The molecule has 0 aliphatic carbocycles. The number of halogens is 7. The van der Waals surface area contributed by atoms with E-state index in [2.05, 4.69) is 9.68 Å². The normalized spacial score (nSPS) is 12.9. The molecule has 3 aromatic rings. The van der Waals surface area contributed by atoms with Crippen molar-refractivity contribution in [2.45, 2.75) is 24.2 Å². The van der Waals surface area contributed by atoms with Gasteiger partial charge in [-0.15, -0.1) is 0 Å². The molecule has 0 bridgehead atoms. The Morgan fingerprint density at radius 2 is 1.65 bits per heavy atom. The minimum atomic E-state index is -5.13. The summed E-state index contributed by atoms with van der Waals surface area (Å²) in [6.45, 7) is 1.04. The lowest BCUT2D eigenvalue weighted by molar-refractivity contribution is -0.155. The molecule has 0 spiro atoms. The summed E-state index contributed by atoms with van der Waals surface area (Å²) >= 11 is 0. The second kappa shape index (κ2) is 7.34. The van der Waals surface area contributed by atoms with Crippen molar-refractivity contribution in [2.75, 3.05) is 0 Å². The molecule has 166 valence electrons. The number of rotatable bonds is 3. The highest BCUT2D eigenvalue weighted by Crippen LogP contribution is 2.45.